The maximum absolute atomic E-state index is 13.8. The van der Waals surface area contributed by atoms with Crippen molar-refractivity contribution >= 4 is 5.91 Å². The van der Waals surface area contributed by atoms with Crippen LogP contribution in [-0.2, 0) is 4.74 Å². The van der Waals surface area contributed by atoms with E-state index in [1.54, 1.807) is 0 Å². The second-order valence-corrected chi connectivity index (χ2v) is 4.09. The van der Waals surface area contributed by atoms with Crippen molar-refractivity contribution in [3.05, 3.63) is 30.1 Å². The molecule has 2 rings (SSSR count). The quantitative estimate of drug-likeness (QED) is 0.584. The first-order valence-corrected chi connectivity index (χ1v) is 5.43. The number of nitrogens with zero attached hydrogens (tertiary/aromatic N) is 1. The lowest BCUT2D eigenvalue weighted by Crippen LogP contribution is -2.45. The van der Waals surface area contributed by atoms with Gasteiger partial charge in [-0.3, -0.25) is 4.79 Å². The smallest absolute Gasteiger partial charge is 0.297 e. The second kappa shape index (κ2) is 4.97. The van der Waals surface area contributed by atoms with Gasteiger partial charge in [0.2, 0.25) is 6.17 Å². The lowest BCUT2D eigenvalue weighted by atomic mass is 10.1. The molecule has 0 saturated carbocycles. The topological polar surface area (TPSA) is 96.7 Å². The number of rotatable bonds is 3. The third-order valence-electron chi connectivity index (χ3n) is 2.87. The Morgan fingerprint density at radius 1 is 1.61 bits per heavy atom. The van der Waals surface area contributed by atoms with Crippen molar-refractivity contribution in [2.75, 3.05) is 6.61 Å². The van der Waals surface area contributed by atoms with Gasteiger partial charge in [-0.1, -0.05) is 0 Å². The zero-order valence-electron chi connectivity index (χ0n) is 9.44. The van der Waals surface area contributed by atoms with Gasteiger partial charge in [0.1, 0.15) is 17.8 Å². The standard InChI is InChI=1S/C11H13FN2O4/c12-8-9(16)7(5-15)18-11(8)14-3-1-2-6(4-14)10(13)17/h1-4,7-9,11,15-16H,5H2,(H-,13,17)/p+1/t7?,8-,9+,11?/m0/s1. The molecule has 0 radical (unpaired) electrons. The van der Waals surface area contributed by atoms with Crippen molar-refractivity contribution in [2.24, 2.45) is 5.73 Å². The molecule has 7 heteroatoms. The number of hydrogen-bond acceptors (Lipinski definition) is 4. The van der Waals surface area contributed by atoms with Crippen LogP contribution in [0.1, 0.15) is 16.6 Å². The summed E-state index contributed by atoms with van der Waals surface area (Å²) in [5, 5.41) is 18.4. The highest BCUT2D eigenvalue weighted by Gasteiger charge is 2.49. The predicted octanol–water partition coefficient (Wildman–Crippen LogP) is -1.34. The van der Waals surface area contributed by atoms with E-state index in [1.807, 2.05) is 0 Å². The number of carbonyl (C=O) groups is 1. The zero-order chi connectivity index (χ0) is 13.3. The van der Waals surface area contributed by atoms with Crippen LogP contribution in [0.25, 0.3) is 0 Å². The summed E-state index contributed by atoms with van der Waals surface area (Å²) in [6.07, 6.45) is -2.31. The fourth-order valence-electron chi connectivity index (χ4n) is 1.89. The first kappa shape index (κ1) is 12.9. The number of aliphatic hydroxyl groups is 2. The summed E-state index contributed by atoms with van der Waals surface area (Å²) >= 11 is 0. The molecule has 0 spiro atoms. The van der Waals surface area contributed by atoms with E-state index in [9.17, 15) is 14.3 Å². The Balaban J connectivity index is 2.27. The number of carbonyl (C=O) groups excluding carboxylic acids is 1. The molecular formula is C11H14FN2O4+. The number of nitrogens with two attached hydrogens (primary N) is 1. The Labute approximate surface area is 102 Å². The van der Waals surface area contributed by atoms with Gasteiger partial charge < -0.3 is 20.7 Å². The monoisotopic (exact) mass is 257 g/mol. The third kappa shape index (κ3) is 2.20. The summed E-state index contributed by atoms with van der Waals surface area (Å²) in [6.45, 7) is -0.478. The van der Waals surface area contributed by atoms with Gasteiger partial charge >= 0.3 is 0 Å². The van der Waals surface area contributed by atoms with E-state index < -0.39 is 37.1 Å². The van der Waals surface area contributed by atoms with Crippen molar-refractivity contribution < 1.29 is 28.7 Å². The van der Waals surface area contributed by atoms with Crippen LogP contribution >= 0.6 is 0 Å². The minimum absolute atomic E-state index is 0.204. The molecule has 18 heavy (non-hydrogen) atoms. The van der Waals surface area contributed by atoms with E-state index in [0.29, 0.717) is 0 Å². The number of alkyl halides is 1. The molecule has 4 atom stereocenters. The molecule has 0 bridgehead atoms. The first-order chi connectivity index (χ1) is 8.54. The van der Waals surface area contributed by atoms with Crippen LogP contribution in [0.5, 0.6) is 0 Å². The maximum Gasteiger partial charge on any atom is 0.297 e. The molecule has 6 nitrogen and oxygen atoms in total. The SMILES string of the molecule is NC(=O)c1ccc[n+](C2OC(CO)[C@@H](O)[C@@H]2F)c1. The Kier molecular flexibility index (Phi) is 3.55. The minimum atomic E-state index is -1.68. The highest BCUT2D eigenvalue weighted by molar-refractivity contribution is 5.92. The van der Waals surface area contributed by atoms with Crippen LogP contribution in [0.3, 0.4) is 0 Å². The molecule has 1 aromatic rings. The van der Waals surface area contributed by atoms with Gasteiger partial charge in [-0.15, -0.1) is 0 Å². The predicted molar refractivity (Wildman–Crippen MR) is 57.1 cm³/mol. The summed E-state index contributed by atoms with van der Waals surface area (Å²) in [5.74, 6) is -0.642. The molecule has 1 fully saturated rings. The Morgan fingerprint density at radius 2 is 2.33 bits per heavy atom. The molecule has 1 aromatic heterocycles. The van der Waals surface area contributed by atoms with Crippen LogP contribution in [0, 0.1) is 0 Å². The summed E-state index contributed by atoms with van der Waals surface area (Å²) in [7, 11) is 0. The average Bonchev–Trinajstić information content (AvgIpc) is 2.66. The van der Waals surface area contributed by atoms with E-state index in [2.05, 4.69) is 0 Å². The largest absolute Gasteiger partial charge is 0.394 e. The fraction of sp³-hybridized carbons (Fsp3) is 0.455. The lowest BCUT2D eigenvalue weighted by molar-refractivity contribution is -0.764. The Morgan fingerprint density at radius 3 is 2.89 bits per heavy atom. The molecule has 1 amide bonds. The number of aliphatic hydroxyl groups excluding tert-OH is 2. The highest BCUT2D eigenvalue weighted by Crippen LogP contribution is 2.27. The summed E-state index contributed by atoms with van der Waals surface area (Å²) < 4.78 is 20.3. The molecule has 1 saturated heterocycles. The van der Waals surface area contributed by atoms with Crippen molar-refractivity contribution in [2.45, 2.75) is 24.6 Å². The zero-order valence-corrected chi connectivity index (χ0v) is 9.44. The highest BCUT2D eigenvalue weighted by atomic mass is 19.1. The van der Waals surface area contributed by atoms with Gasteiger partial charge in [0, 0.05) is 6.07 Å². The molecule has 0 aliphatic carbocycles. The molecule has 4 N–H and O–H groups in total. The summed E-state index contributed by atoms with van der Waals surface area (Å²) in [5.41, 5.74) is 5.32. The number of amides is 1. The number of aromatic nitrogens is 1. The summed E-state index contributed by atoms with van der Waals surface area (Å²) in [6, 6.07) is 3.01. The van der Waals surface area contributed by atoms with E-state index in [0.717, 1.165) is 0 Å². The van der Waals surface area contributed by atoms with Crippen molar-refractivity contribution in [1.29, 1.82) is 0 Å². The van der Waals surface area contributed by atoms with Gasteiger partial charge in [0.05, 0.1) is 6.61 Å². The van der Waals surface area contributed by atoms with Gasteiger partial charge in [-0.05, 0) is 6.07 Å². The van der Waals surface area contributed by atoms with Gasteiger partial charge in [-0.2, -0.15) is 4.57 Å². The minimum Gasteiger partial charge on any atom is -0.394 e. The van der Waals surface area contributed by atoms with Gasteiger partial charge in [0.15, 0.2) is 12.4 Å². The van der Waals surface area contributed by atoms with E-state index >= 15 is 0 Å². The molecule has 0 aromatic carbocycles. The Bertz CT molecular complexity index is 456. The van der Waals surface area contributed by atoms with Crippen LogP contribution in [-0.4, -0.2) is 41.1 Å². The molecule has 1 aliphatic rings. The molecule has 1 aliphatic heterocycles. The van der Waals surface area contributed by atoms with Crippen LogP contribution in [0.4, 0.5) is 4.39 Å². The number of halogens is 1. The number of primary amides is 1. The van der Waals surface area contributed by atoms with Crippen molar-refractivity contribution in [3.63, 3.8) is 0 Å². The van der Waals surface area contributed by atoms with Crippen molar-refractivity contribution in [3.8, 4) is 0 Å². The lowest BCUT2D eigenvalue weighted by Gasteiger charge is -2.08. The maximum atomic E-state index is 13.8. The molecule has 98 valence electrons. The third-order valence-corrected chi connectivity index (χ3v) is 2.87. The average molecular weight is 257 g/mol. The van der Waals surface area contributed by atoms with Crippen LogP contribution in [0.15, 0.2) is 24.5 Å². The number of pyridine rings is 1. The molecule has 2 unspecified atom stereocenters. The van der Waals surface area contributed by atoms with E-state index in [-0.39, 0.29) is 5.56 Å². The first-order valence-electron chi connectivity index (χ1n) is 5.43. The number of hydrogen-bond donors (Lipinski definition) is 3. The normalized spacial score (nSPS) is 31.5. The fourth-order valence-corrected chi connectivity index (χ4v) is 1.89. The van der Waals surface area contributed by atoms with Gasteiger partial charge in [-0.25, -0.2) is 4.39 Å². The molecular weight excluding hydrogens is 243 g/mol. The van der Waals surface area contributed by atoms with Crippen LogP contribution < -0.4 is 10.3 Å². The summed E-state index contributed by atoms with van der Waals surface area (Å²) in [4.78, 5) is 11.0. The van der Waals surface area contributed by atoms with Gasteiger partial charge in [0.25, 0.3) is 12.1 Å². The van der Waals surface area contributed by atoms with Crippen LogP contribution in [0.2, 0.25) is 0 Å². The Hall–Kier alpha value is -1.57. The van der Waals surface area contributed by atoms with Crippen molar-refractivity contribution in [1.82, 2.24) is 0 Å². The van der Waals surface area contributed by atoms with E-state index in [4.69, 9.17) is 15.6 Å². The second-order valence-electron chi connectivity index (χ2n) is 4.09. The molecule has 2 heterocycles. The number of ether oxygens (including phenoxy) is 1. The van der Waals surface area contributed by atoms with E-state index in [1.165, 1.54) is 29.1 Å².